The van der Waals surface area contributed by atoms with E-state index in [0.717, 1.165) is 33.5 Å². The molecule has 0 spiro atoms. The number of benzene rings is 2. The number of aliphatic hydroxyl groups excluding tert-OH is 1. The molecule has 7 rings (SSSR count). The van der Waals surface area contributed by atoms with Gasteiger partial charge in [-0.1, -0.05) is 44.2 Å². The van der Waals surface area contributed by atoms with Crippen molar-refractivity contribution in [3.63, 3.8) is 0 Å². The highest BCUT2D eigenvalue weighted by Gasteiger charge is 2.41. The van der Waals surface area contributed by atoms with Crippen molar-refractivity contribution in [2.45, 2.75) is 66.1 Å². The fourth-order valence-corrected chi connectivity index (χ4v) is 7.43. The lowest BCUT2D eigenvalue weighted by Gasteiger charge is -2.36. The molecular weight excluding hydrogens is 669 g/mol. The van der Waals surface area contributed by atoms with E-state index in [-0.39, 0.29) is 18.6 Å². The number of allylic oxidation sites excluding steroid dienone is 4. The lowest BCUT2D eigenvalue weighted by atomic mass is 9.67. The van der Waals surface area contributed by atoms with Crippen molar-refractivity contribution in [2.24, 2.45) is 10.8 Å². The number of carboxylic acid groups (broad SMARTS) is 1. The summed E-state index contributed by atoms with van der Waals surface area (Å²) in [5.74, 6) is 0.902. The predicted octanol–water partition coefficient (Wildman–Crippen LogP) is 6.62. The molecule has 0 saturated carbocycles. The Bertz CT molecular complexity index is 2320. The minimum absolute atomic E-state index is 0.0239. The van der Waals surface area contributed by atoms with Crippen LogP contribution >= 0.6 is 0 Å². The van der Waals surface area contributed by atoms with Gasteiger partial charge in [-0.15, -0.1) is 0 Å². The second kappa shape index (κ2) is 14.2. The van der Waals surface area contributed by atoms with Crippen LogP contribution < -0.4 is 10.6 Å². The second-order valence-corrected chi connectivity index (χ2v) is 15.2. The van der Waals surface area contributed by atoms with E-state index in [4.69, 9.17) is 19.4 Å². The van der Waals surface area contributed by atoms with Gasteiger partial charge in [0.15, 0.2) is 11.4 Å². The van der Waals surface area contributed by atoms with Gasteiger partial charge in [0.2, 0.25) is 5.89 Å². The van der Waals surface area contributed by atoms with Gasteiger partial charge in [0.05, 0.1) is 23.1 Å². The molecule has 53 heavy (non-hydrogen) atoms. The highest BCUT2D eigenvalue weighted by molar-refractivity contribution is 5.88. The summed E-state index contributed by atoms with van der Waals surface area (Å²) < 4.78 is 6.36. The van der Waals surface area contributed by atoms with Crippen molar-refractivity contribution in [1.29, 1.82) is 5.26 Å². The molecule has 3 atom stereocenters. The molecule has 5 aromatic rings. The number of nitriles is 1. The highest BCUT2D eigenvalue weighted by Crippen LogP contribution is 2.49. The van der Waals surface area contributed by atoms with E-state index in [2.05, 4.69) is 58.6 Å². The van der Waals surface area contributed by atoms with E-state index < -0.39 is 16.8 Å². The SMILES string of the molecule is Cc1nc(Nc2cccc(C3C=CC=C(c4nc5cc(CN6CCC(C)(C(=O)O)C6)cc(C#N)c5o4)C3(C)C)c2)c2ncc(CNC(C)CO)cc2n1. The number of carbonyl (C=O) groups is 1. The maximum absolute atomic E-state index is 11.8. The average molecular weight is 713 g/mol. The number of likely N-dealkylation sites (tertiary alicyclic amines) is 1. The Morgan fingerprint density at radius 2 is 1.94 bits per heavy atom. The van der Waals surface area contributed by atoms with Gasteiger partial charge in [-0.05, 0) is 80.8 Å². The monoisotopic (exact) mass is 712 g/mol. The number of nitrogens with one attached hydrogen (secondary N) is 2. The van der Waals surface area contributed by atoms with E-state index in [1.54, 1.807) is 13.1 Å². The quantitative estimate of drug-likeness (QED) is 0.115. The maximum atomic E-state index is 11.8. The Morgan fingerprint density at radius 3 is 2.70 bits per heavy atom. The van der Waals surface area contributed by atoms with Gasteiger partial charge < -0.3 is 25.3 Å². The topological polar surface area (TPSA) is 173 Å². The van der Waals surface area contributed by atoms with Gasteiger partial charge in [0, 0.05) is 54.5 Å². The van der Waals surface area contributed by atoms with Crippen LogP contribution in [0.3, 0.4) is 0 Å². The van der Waals surface area contributed by atoms with Crippen LogP contribution in [0.25, 0.3) is 27.7 Å². The molecule has 4 heterocycles. The number of rotatable bonds is 11. The molecule has 1 aliphatic heterocycles. The summed E-state index contributed by atoms with van der Waals surface area (Å²) in [6.45, 7) is 12.2. The number of nitrogens with zero attached hydrogens (tertiary/aromatic N) is 6. The molecule has 0 bridgehead atoms. The third kappa shape index (κ3) is 7.15. The lowest BCUT2D eigenvalue weighted by Crippen LogP contribution is -2.31. The summed E-state index contributed by atoms with van der Waals surface area (Å²) in [4.78, 5) is 32.9. The zero-order valence-electron chi connectivity index (χ0n) is 30.6. The smallest absolute Gasteiger partial charge is 0.310 e. The van der Waals surface area contributed by atoms with Crippen molar-refractivity contribution >= 4 is 45.2 Å². The summed E-state index contributed by atoms with van der Waals surface area (Å²) >= 11 is 0. The molecule has 4 N–H and O–H groups in total. The standard InChI is InChI=1S/C41H44N8O4/c1-24(22-50)43-19-27-16-33-35(44-20-27)37(46-25(2)45-33)47-30-9-6-8-28(17-30)31-10-7-11-32(40(31,3)4)38-48-34-15-26(14-29(18-42)36(34)53-38)21-49-13-12-41(5,23-49)39(51)52/h6-11,14-17,20,24,31,43,50H,12-13,19,21-23H2,1-5H3,(H,51,52)(H,45,46,47). The minimum Gasteiger partial charge on any atom is -0.481 e. The number of aryl methyl sites for hydroxylation is 1. The molecule has 0 radical (unpaired) electrons. The van der Waals surface area contributed by atoms with E-state index in [1.165, 1.54) is 0 Å². The fourth-order valence-electron chi connectivity index (χ4n) is 7.43. The Hall–Kier alpha value is -5.48. The first-order valence-corrected chi connectivity index (χ1v) is 17.9. The first-order chi connectivity index (χ1) is 25.4. The van der Waals surface area contributed by atoms with Crippen LogP contribution in [0.15, 0.2) is 71.3 Å². The summed E-state index contributed by atoms with van der Waals surface area (Å²) in [5, 5.41) is 35.9. The Balaban J connectivity index is 1.13. The number of pyridine rings is 1. The van der Waals surface area contributed by atoms with Crippen LogP contribution in [0.2, 0.25) is 0 Å². The molecule has 1 aliphatic carbocycles. The molecule has 12 nitrogen and oxygen atoms in total. The van der Waals surface area contributed by atoms with Gasteiger partial charge in [0.1, 0.15) is 22.9 Å². The van der Waals surface area contributed by atoms with E-state index in [1.807, 2.05) is 56.3 Å². The summed E-state index contributed by atoms with van der Waals surface area (Å²) in [7, 11) is 0. The molecule has 1 fully saturated rings. The fraction of sp³-hybridized carbons (Fsp3) is 0.366. The largest absolute Gasteiger partial charge is 0.481 e. The number of hydrogen-bond acceptors (Lipinski definition) is 11. The van der Waals surface area contributed by atoms with Crippen LogP contribution in [0.4, 0.5) is 11.5 Å². The van der Waals surface area contributed by atoms with Crippen molar-refractivity contribution in [3.8, 4) is 6.07 Å². The summed E-state index contributed by atoms with van der Waals surface area (Å²) in [6, 6.07) is 16.3. The highest BCUT2D eigenvalue weighted by atomic mass is 16.4. The van der Waals surface area contributed by atoms with Crippen molar-refractivity contribution < 1.29 is 19.4 Å². The maximum Gasteiger partial charge on any atom is 0.310 e. The summed E-state index contributed by atoms with van der Waals surface area (Å²) in [5.41, 5.74) is 6.39. The van der Waals surface area contributed by atoms with Crippen LogP contribution in [-0.2, 0) is 17.9 Å². The van der Waals surface area contributed by atoms with E-state index in [9.17, 15) is 20.3 Å². The average Bonchev–Trinajstić information content (AvgIpc) is 3.73. The first-order valence-electron chi connectivity index (χ1n) is 17.9. The zero-order chi connectivity index (χ0) is 37.5. The van der Waals surface area contributed by atoms with E-state index >= 15 is 0 Å². The molecule has 2 aliphatic rings. The molecule has 3 aromatic heterocycles. The van der Waals surface area contributed by atoms with Gasteiger partial charge >= 0.3 is 5.97 Å². The zero-order valence-corrected chi connectivity index (χ0v) is 30.6. The third-order valence-electron chi connectivity index (χ3n) is 10.6. The molecule has 12 heteroatoms. The van der Waals surface area contributed by atoms with Gasteiger partial charge in [-0.25, -0.2) is 15.0 Å². The summed E-state index contributed by atoms with van der Waals surface area (Å²) in [6.07, 6.45) is 8.63. The Kier molecular flexibility index (Phi) is 9.59. The molecule has 272 valence electrons. The lowest BCUT2D eigenvalue weighted by molar-refractivity contribution is -0.147. The predicted molar refractivity (Wildman–Crippen MR) is 203 cm³/mol. The number of oxazole rings is 1. The van der Waals surface area contributed by atoms with Gasteiger partial charge in [0.25, 0.3) is 0 Å². The number of carboxylic acids is 1. The van der Waals surface area contributed by atoms with Crippen molar-refractivity contribution in [2.75, 3.05) is 25.0 Å². The molecule has 3 unspecified atom stereocenters. The first kappa shape index (κ1) is 35.9. The number of aromatic nitrogens is 4. The van der Waals surface area contributed by atoms with Crippen LogP contribution in [0.1, 0.15) is 74.0 Å². The molecular formula is C41H44N8O4. The van der Waals surface area contributed by atoms with Crippen molar-refractivity contribution in [1.82, 2.24) is 30.2 Å². The minimum atomic E-state index is -0.784. The number of anilines is 2. The Labute approximate surface area is 308 Å². The Morgan fingerprint density at radius 1 is 1.13 bits per heavy atom. The molecule has 2 aromatic carbocycles. The van der Waals surface area contributed by atoms with Crippen LogP contribution in [0.5, 0.6) is 0 Å². The third-order valence-corrected chi connectivity index (χ3v) is 10.6. The normalized spacial score (nSPS) is 20.4. The van der Waals surface area contributed by atoms with Crippen LogP contribution in [-0.4, -0.2) is 66.8 Å². The number of aliphatic carboxylic acids is 1. The van der Waals surface area contributed by atoms with Crippen LogP contribution in [0, 0.1) is 29.1 Å². The number of fused-ring (bicyclic) bond motifs is 2. The van der Waals surface area contributed by atoms with Gasteiger partial charge in [-0.3, -0.25) is 14.7 Å². The number of aliphatic hydroxyl groups is 1. The van der Waals surface area contributed by atoms with Crippen molar-refractivity contribution in [3.05, 3.63) is 101 Å². The van der Waals surface area contributed by atoms with E-state index in [0.29, 0.717) is 72.3 Å². The molecule has 0 amide bonds. The number of hydrogen-bond donors (Lipinski definition) is 4. The van der Waals surface area contributed by atoms with Gasteiger partial charge in [-0.2, -0.15) is 5.26 Å². The molecule has 1 saturated heterocycles. The second-order valence-electron chi connectivity index (χ2n) is 15.2.